The number of nitrogens with zero attached hydrogens (tertiary/aromatic N) is 2. The zero-order valence-corrected chi connectivity index (χ0v) is 18.8. The van der Waals surface area contributed by atoms with Crippen LogP contribution in [0.5, 0.6) is 0 Å². The Morgan fingerprint density at radius 1 is 1.32 bits per heavy atom. The maximum absolute atomic E-state index is 11.8. The fourth-order valence-electron chi connectivity index (χ4n) is 4.47. The lowest BCUT2D eigenvalue weighted by Gasteiger charge is -2.26. The van der Waals surface area contributed by atoms with Gasteiger partial charge in [-0.05, 0) is 48.9 Å². The summed E-state index contributed by atoms with van der Waals surface area (Å²) in [4.78, 5) is 8.78. The van der Waals surface area contributed by atoms with Gasteiger partial charge in [0.15, 0.2) is 0 Å². The summed E-state index contributed by atoms with van der Waals surface area (Å²) in [6, 6.07) is 11.8. The van der Waals surface area contributed by atoms with Crippen molar-refractivity contribution >= 4 is 27.4 Å². The first kappa shape index (κ1) is 21.8. The number of rotatable bonds is 7. The highest BCUT2D eigenvalue weighted by atomic mass is 35.5. The molecule has 3 aromatic rings. The van der Waals surface area contributed by atoms with E-state index in [1.165, 1.54) is 6.26 Å². The van der Waals surface area contributed by atoms with Crippen molar-refractivity contribution < 1.29 is 12.8 Å². The van der Waals surface area contributed by atoms with Crippen molar-refractivity contribution in [3.63, 3.8) is 0 Å². The topological polar surface area (TPSA) is 111 Å². The number of pyridine rings is 1. The third kappa shape index (κ3) is 4.92. The van der Waals surface area contributed by atoms with Gasteiger partial charge in [0.05, 0.1) is 23.2 Å². The molecule has 1 fully saturated rings. The van der Waals surface area contributed by atoms with E-state index >= 15 is 0 Å². The third-order valence-corrected chi connectivity index (χ3v) is 6.79. The van der Waals surface area contributed by atoms with Crippen molar-refractivity contribution in [3.8, 4) is 11.1 Å². The van der Waals surface area contributed by atoms with Crippen LogP contribution in [0.4, 0.5) is 5.82 Å². The minimum absolute atomic E-state index is 0.168. The minimum Gasteiger partial charge on any atom is -0.448 e. The Hall–Kier alpha value is -2.42. The normalized spacial score (nSPS) is 21.4. The van der Waals surface area contributed by atoms with E-state index in [0.29, 0.717) is 36.7 Å². The lowest BCUT2D eigenvalue weighted by atomic mass is 9.79. The van der Waals surface area contributed by atoms with Crippen LogP contribution in [0.1, 0.15) is 36.4 Å². The van der Waals surface area contributed by atoms with Crippen LogP contribution in [0, 0.1) is 0 Å². The van der Waals surface area contributed by atoms with Gasteiger partial charge in [-0.15, -0.1) is 11.6 Å². The standard InChI is InChI=1S/C22H25ClN4O3S/c1-31(28,29)27-17-7-8-22(12-17,21-26-18(13-23)14-30-21)11-15-4-2-5-16(10-15)19-6-3-9-25-20(19)24/h2-6,9-10,14,17,27H,7-8,11-13H2,1H3,(H2,24,25)/t17-,22+/m0/s1. The van der Waals surface area contributed by atoms with Crippen molar-refractivity contribution in [2.45, 2.75) is 43.0 Å². The smallest absolute Gasteiger partial charge is 0.208 e. The van der Waals surface area contributed by atoms with Crippen LogP contribution < -0.4 is 10.5 Å². The minimum atomic E-state index is -3.30. The molecule has 164 valence electrons. The highest BCUT2D eigenvalue weighted by molar-refractivity contribution is 7.88. The Bertz CT molecular complexity index is 1180. The summed E-state index contributed by atoms with van der Waals surface area (Å²) in [5, 5.41) is 0. The summed E-state index contributed by atoms with van der Waals surface area (Å²) in [6.45, 7) is 0. The molecule has 1 aromatic carbocycles. The molecule has 0 spiro atoms. The number of hydrogen-bond acceptors (Lipinski definition) is 6. The number of anilines is 1. The first-order chi connectivity index (χ1) is 14.8. The summed E-state index contributed by atoms with van der Waals surface area (Å²) in [5.74, 6) is 1.35. The number of oxazole rings is 1. The van der Waals surface area contributed by atoms with Crippen molar-refractivity contribution in [2.75, 3.05) is 12.0 Å². The molecule has 3 N–H and O–H groups in total. The molecule has 0 bridgehead atoms. The fourth-order valence-corrected chi connectivity index (χ4v) is 5.40. The molecule has 7 nitrogen and oxygen atoms in total. The van der Waals surface area contributed by atoms with Crippen LogP contribution in [0.25, 0.3) is 11.1 Å². The number of halogens is 1. The second-order valence-electron chi connectivity index (χ2n) is 8.20. The number of nitrogens with one attached hydrogen (secondary N) is 1. The number of hydrogen-bond donors (Lipinski definition) is 2. The number of nitrogen functional groups attached to an aromatic ring is 1. The Balaban J connectivity index is 1.68. The second-order valence-corrected chi connectivity index (χ2v) is 10.2. The van der Waals surface area contributed by atoms with Gasteiger partial charge in [0.1, 0.15) is 12.1 Å². The van der Waals surface area contributed by atoms with Crippen LogP contribution in [-0.2, 0) is 27.7 Å². The Kier molecular flexibility index (Phi) is 6.05. The molecule has 31 heavy (non-hydrogen) atoms. The molecule has 0 aliphatic heterocycles. The summed E-state index contributed by atoms with van der Waals surface area (Å²) in [6.07, 6.45) is 7.15. The molecule has 2 atom stereocenters. The van der Waals surface area contributed by atoms with Gasteiger partial charge in [-0.2, -0.15) is 0 Å². The van der Waals surface area contributed by atoms with E-state index in [1.807, 2.05) is 24.3 Å². The van der Waals surface area contributed by atoms with E-state index in [0.717, 1.165) is 23.1 Å². The number of benzene rings is 1. The Morgan fingerprint density at radius 3 is 2.87 bits per heavy atom. The van der Waals surface area contributed by atoms with Gasteiger partial charge in [-0.1, -0.05) is 24.3 Å². The molecule has 9 heteroatoms. The molecule has 4 rings (SSSR count). The first-order valence-corrected chi connectivity index (χ1v) is 12.5. The van der Waals surface area contributed by atoms with E-state index in [9.17, 15) is 8.42 Å². The van der Waals surface area contributed by atoms with Crippen molar-refractivity contribution in [3.05, 3.63) is 66.0 Å². The van der Waals surface area contributed by atoms with Gasteiger partial charge in [0.2, 0.25) is 15.9 Å². The second kappa shape index (κ2) is 8.61. The zero-order chi connectivity index (χ0) is 22.1. The largest absolute Gasteiger partial charge is 0.448 e. The van der Waals surface area contributed by atoms with Crippen LogP contribution >= 0.6 is 11.6 Å². The lowest BCUT2D eigenvalue weighted by molar-refractivity contribution is 0.318. The number of sulfonamides is 1. The van der Waals surface area contributed by atoms with E-state index in [2.05, 4.69) is 26.8 Å². The molecule has 2 aromatic heterocycles. The average Bonchev–Trinajstić information content (AvgIpc) is 3.35. The molecular formula is C22H25ClN4O3S. The molecule has 0 saturated heterocycles. The predicted octanol–water partition coefficient (Wildman–Crippen LogP) is 3.64. The molecule has 0 amide bonds. The quantitative estimate of drug-likeness (QED) is 0.520. The van der Waals surface area contributed by atoms with Gasteiger partial charge in [-0.25, -0.2) is 23.1 Å². The Labute approximate surface area is 187 Å². The number of aromatic nitrogens is 2. The summed E-state index contributed by atoms with van der Waals surface area (Å²) < 4.78 is 32.2. The first-order valence-electron chi connectivity index (χ1n) is 10.1. The molecule has 1 aliphatic carbocycles. The van der Waals surface area contributed by atoms with E-state index < -0.39 is 15.4 Å². The zero-order valence-electron chi connectivity index (χ0n) is 17.2. The van der Waals surface area contributed by atoms with Gasteiger partial charge in [-0.3, -0.25) is 0 Å². The molecular weight excluding hydrogens is 436 g/mol. The van der Waals surface area contributed by atoms with Crippen LogP contribution in [0.2, 0.25) is 0 Å². The van der Waals surface area contributed by atoms with Crippen LogP contribution in [0.3, 0.4) is 0 Å². The molecule has 0 radical (unpaired) electrons. The highest BCUT2D eigenvalue weighted by Gasteiger charge is 2.45. The lowest BCUT2D eigenvalue weighted by Crippen LogP contribution is -2.35. The summed E-state index contributed by atoms with van der Waals surface area (Å²) in [5.41, 5.74) is 9.26. The summed E-state index contributed by atoms with van der Waals surface area (Å²) >= 11 is 5.94. The van der Waals surface area contributed by atoms with E-state index in [4.69, 9.17) is 21.8 Å². The fraction of sp³-hybridized carbons (Fsp3) is 0.364. The molecule has 1 aliphatic rings. The maximum Gasteiger partial charge on any atom is 0.208 e. The van der Waals surface area contributed by atoms with Crippen molar-refractivity contribution in [1.29, 1.82) is 0 Å². The molecule has 1 saturated carbocycles. The molecule has 0 unspecified atom stereocenters. The Morgan fingerprint density at radius 2 is 2.16 bits per heavy atom. The van der Waals surface area contributed by atoms with Crippen molar-refractivity contribution in [2.24, 2.45) is 0 Å². The van der Waals surface area contributed by atoms with E-state index in [-0.39, 0.29) is 11.9 Å². The van der Waals surface area contributed by atoms with Gasteiger partial charge in [0, 0.05) is 17.8 Å². The van der Waals surface area contributed by atoms with Crippen LogP contribution in [-0.4, -0.2) is 30.7 Å². The van der Waals surface area contributed by atoms with Gasteiger partial charge < -0.3 is 10.2 Å². The number of alkyl halides is 1. The average molecular weight is 461 g/mol. The third-order valence-electron chi connectivity index (χ3n) is 5.75. The predicted molar refractivity (Wildman–Crippen MR) is 121 cm³/mol. The molecule has 2 heterocycles. The maximum atomic E-state index is 11.8. The van der Waals surface area contributed by atoms with Crippen LogP contribution in [0.15, 0.2) is 53.3 Å². The van der Waals surface area contributed by atoms with Gasteiger partial charge >= 0.3 is 0 Å². The van der Waals surface area contributed by atoms with E-state index in [1.54, 1.807) is 12.5 Å². The summed E-state index contributed by atoms with van der Waals surface area (Å²) in [7, 11) is -3.30. The number of nitrogens with two attached hydrogens (primary N) is 1. The monoisotopic (exact) mass is 460 g/mol. The highest BCUT2D eigenvalue weighted by Crippen LogP contribution is 2.44. The van der Waals surface area contributed by atoms with Crippen molar-refractivity contribution in [1.82, 2.24) is 14.7 Å². The SMILES string of the molecule is CS(=O)(=O)N[C@H]1CC[C@](Cc2cccc(-c3cccnc3N)c2)(c2nc(CCl)co2)C1. The van der Waals surface area contributed by atoms with Gasteiger partial charge in [0.25, 0.3) is 0 Å².